The third-order valence-electron chi connectivity index (χ3n) is 2.54. The van der Waals surface area contributed by atoms with Crippen LogP contribution in [0.25, 0.3) is 0 Å². The van der Waals surface area contributed by atoms with Crippen molar-refractivity contribution in [3.63, 3.8) is 0 Å². The fraction of sp³-hybridized carbons (Fsp3) is 0.417. The number of nitrogens with two attached hydrogens (primary N) is 2. The Kier molecular flexibility index (Phi) is 5.94. The molecule has 0 fully saturated rings. The highest BCUT2D eigenvalue weighted by Crippen LogP contribution is 2.01. The third kappa shape index (κ3) is 6.90. The van der Waals surface area contributed by atoms with E-state index >= 15 is 0 Å². The second-order valence-electron chi connectivity index (χ2n) is 4.31. The van der Waals surface area contributed by atoms with E-state index in [2.05, 4.69) is 5.32 Å². The zero-order valence-corrected chi connectivity index (χ0v) is 11.4. The number of carbonyl (C=O) groups is 1. The zero-order valence-electron chi connectivity index (χ0n) is 10.6. The van der Waals surface area contributed by atoms with Gasteiger partial charge in [-0.15, -0.1) is 0 Å². The lowest BCUT2D eigenvalue weighted by atomic mass is 10.1. The Morgan fingerprint density at radius 2 is 1.89 bits per heavy atom. The Morgan fingerprint density at radius 3 is 2.47 bits per heavy atom. The number of hydrogen-bond acceptors (Lipinski definition) is 4. The summed E-state index contributed by atoms with van der Waals surface area (Å²) >= 11 is 0. The van der Waals surface area contributed by atoms with E-state index < -0.39 is 16.1 Å². The van der Waals surface area contributed by atoms with Gasteiger partial charge >= 0.3 is 0 Å². The summed E-state index contributed by atoms with van der Waals surface area (Å²) < 4.78 is 21.4. The molecule has 106 valence electrons. The van der Waals surface area contributed by atoms with Crippen molar-refractivity contribution < 1.29 is 13.2 Å². The summed E-state index contributed by atoms with van der Waals surface area (Å²) in [6.07, 6.45) is 0.727. The molecule has 1 atom stereocenters. The van der Waals surface area contributed by atoms with Crippen molar-refractivity contribution in [2.24, 2.45) is 10.9 Å². The van der Waals surface area contributed by atoms with E-state index in [1.165, 1.54) is 0 Å². The van der Waals surface area contributed by atoms with E-state index in [1.54, 1.807) is 0 Å². The molecule has 1 amide bonds. The zero-order chi connectivity index (χ0) is 14.3. The number of carbonyl (C=O) groups excluding carboxylic acids is 1. The van der Waals surface area contributed by atoms with E-state index in [-0.39, 0.29) is 24.6 Å². The number of rotatable bonds is 7. The molecule has 7 heteroatoms. The molecule has 0 spiro atoms. The maximum Gasteiger partial charge on any atom is 0.237 e. The van der Waals surface area contributed by atoms with E-state index in [0.717, 1.165) is 5.56 Å². The molecule has 1 aromatic rings. The van der Waals surface area contributed by atoms with Crippen LogP contribution in [0, 0.1) is 0 Å². The van der Waals surface area contributed by atoms with Gasteiger partial charge in [0.1, 0.15) is 0 Å². The van der Waals surface area contributed by atoms with Crippen molar-refractivity contribution >= 4 is 15.9 Å². The highest BCUT2D eigenvalue weighted by atomic mass is 32.2. The minimum atomic E-state index is -3.47. The van der Waals surface area contributed by atoms with Gasteiger partial charge in [-0.3, -0.25) is 4.79 Å². The average molecular weight is 285 g/mol. The Morgan fingerprint density at radius 1 is 1.26 bits per heavy atom. The van der Waals surface area contributed by atoms with Crippen LogP contribution in [0.5, 0.6) is 0 Å². The molecule has 0 saturated carbocycles. The lowest BCUT2D eigenvalue weighted by Crippen LogP contribution is -2.42. The van der Waals surface area contributed by atoms with Crippen molar-refractivity contribution in [3.05, 3.63) is 35.9 Å². The van der Waals surface area contributed by atoms with Crippen LogP contribution in [0.1, 0.15) is 12.0 Å². The standard InChI is InChI=1S/C12H19N3O3S/c13-11(9-10-5-2-1-3-6-10)12(16)15-7-4-8-19(14,17)18/h1-3,5-6,11H,4,7-9,13H2,(H,15,16)(H2,14,17,18). The monoisotopic (exact) mass is 285 g/mol. The van der Waals surface area contributed by atoms with Crippen LogP contribution in [0.15, 0.2) is 30.3 Å². The first kappa shape index (κ1) is 15.6. The Bertz CT molecular complexity index is 502. The first-order valence-electron chi connectivity index (χ1n) is 5.96. The molecule has 0 aliphatic rings. The van der Waals surface area contributed by atoms with Crippen LogP contribution in [0.3, 0.4) is 0 Å². The minimum absolute atomic E-state index is 0.152. The van der Waals surface area contributed by atoms with Gasteiger partial charge in [0, 0.05) is 6.54 Å². The van der Waals surface area contributed by atoms with Crippen molar-refractivity contribution in [3.8, 4) is 0 Å². The number of benzene rings is 1. The number of primary sulfonamides is 1. The van der Waals surface area contributed by atoms with Gasteiger partial charge in [-0.05, 0) is 18.4 Å². The fourth-order valence-electron chi connectivity index (χ4n) is 1.58. The molecule has 5 N–H and O–H groups in total. The molecule has 0 aliphatic heterocycles. The maximum atomic E-state index is 11.7. The van der Waals surface area contributed by atoms with Gasteiger partial charge in [0.05, 0.1) is 11.8 Å². The van der Waals surface area contributed by atoms with Gasteiger partial charge < -0.3 is 11.1 Å². The fourth-order valence-corrected chi connectivity index (χ4v) is 2.12. The second-order valence-corrected chi connectivity index (χ2v) is 6.04. The number of hydrogen-bond donors (Lipinski definition) is 3. The summed E-state index contributed by atoms with van der Waals surface area (Å²) in [7, 11) is -3.47. The molecule has 0 bridgehead atoms. The molecule has 0 saturated heterocycles. The Balaban J connectivity index is 2.29. The molecule has 1 aromatic carbocycles. The average Bonchev–Trinajstić information content (AvgIpc) is 2.34. The Labute approximate surface area is 113 Å². The first-order chi connectivity index (χ1) is 8.88. The van der Waals surface area contributed by atoms with Crippen molar-refractivity contribution in [2.75, 3.05) is 12.3 Å². The quantitative estimate of drug-likeness (QED) is 0.577. The molecular formula is C12H19N3O3S. The molecule has 1 rings (SSSR count). The molecule has 1 unspecified atom stereocenters. The van der Waals surface area contributed by atoms with Crippen molar-refractivity contribution in [1.29, 1.82) is 0 Å². The van der Waals surface area contributed by atoms with E-state index in [1.807, 2.05) is 30.3 Å². The van der Waals surface area contributed by atoms with Crippen LogP contribution in [-0.4, -0.2) is 32.7 Å². The van der Waals surface area contributed by atoms with Crippen LogP contribution in [0.4, 0.5) is 0 Å². The van der Waals surface area contributed by atoms with E-state index in [4.69, 9.17) is 10.9 Å². The van der Waals surface area contributed by atoms with Gasteiger partial charge in [0.15, 0.2) is 0 Å². The van der Waals surface area contributed by atoms with E-state index in [0.29, 0.717) is 6.42 Å². The summed E-state index contributed by atoms with van der Waals surface area (Å²) in [5.74, 6) is -0.445. The molecule has 0 aliphatic carbocycles. The summed E-state index contributed by atoms with van der Waals surface area (Å²) in [6, 6.07) is 8.81. The van der Waals surface area contributed by atoms with Gasteiger partial charge in [0.2, 0.25) is 15.9 Å². The summed E-state index contributed by atoms with van der Waals surface area (Å²) in [4.78, 5) is 11.7. The second kappa shape index (κ2) is 7.22. The SMILES string of the molecule is NC(Cc1ccccc1)C(=O)NCCCS(N)(=O)=O. The largest absolute Gasteiger partial charge is 0.355 e. The Hall–Kier alpha value is -1.44. The van der Waals surface area contributed by atoms with Crippen LogP contribution in [0.2, 0.25) is 0 Å². The summed E-state index contributed by atoms with van der Waals surface area (Å²) in [6.45, 7) is 0.248. The van der Waals surface area contributed by atoms with Crippen LogP contribution < -0.4 is 16.2 Å². The van der Waals surface area contributed by atoms with Gasteiger partial charge in [0.25, 0.3) is 0 Å². The van der Waals surface area contributed by atoms with Crippen LogP contribution in [-0.2, 0) is 21.2 Å². The first-order valence-corrected chi connectivity index (χ1v) is 7.68. The topological polar surface area (TPSA) is 115 Å². The maximum absolute atomic E-state index is 11.7. The van der Waals surface area contributed by atoms with Crippen molar-refractivity contribution in [2.45, 2.75) is 18.9 Å². The van der Waals surface area contributed by atoms with Gasteiger partial charge in [-0.25, -0.2) is 13.6 Å². The number of sulfonamides is 1. The summed E-state index contributed by atoms with van der Waals surface area (Å²) in [5, 5.41) is 7.44. The molecular weight excluding hydrogens is 266 g/mol. The highest BCUT2D eigenvalue weighted by molar-refractivity contribution is 7.89. The normalized spacial score (nSPS) is 12.9. The smallest absolute Gasteiger partial charge is 0.237 e. The molecule has 0 heterocycles. The number of amides is 1. The van der Waals surface area contributed by atoms with Gasteiger partial charge in [-0.2, -0.15) is 0 Å². The van der Waals surface area contributed by atoms with Crippen molar-refractivity contribution in [1.82, 2.24) is 5.32 Å². The minimum Gasteiger partial charge on any atom is -0.355 e. The lowest BCUT2D eigenvalue weighted by molar-refractivity contribution is -0.122. The van der Waals surface area contributed by atoms with Crippen LogP contribution >= 0.6 is 0 Å². The van der Waals surface area contributed by atoms with Gasteiger partial charge in [-0.1, -0.05) is 30.3 Å². The number of nitrogens with one attached hydrogen (secondary N) is 1. The molecule has 0 aromatic heterocycles. The summed E-state index contributed by atoms with van der Waals surface area (Å²) in [5.41, 5.74) is 6.74. The molecule has 0 radical (unpaired) electrons. The molecule has 19 heavy (non-hydrogen) atoms. The van der Waals surface area contributed by atoms with E-state index in [9.17, 15) is 13.2 Å². The highest BCUT2D eigenvalue weighted by Gasteiger charge is 2.13. The third-order valence-corrected chi connectivity index (χ3v) is 3.40. The predicted molar refractivity (Wildman–Crippen MR) is 73.7 cm³/mol. The predicted octanol–water partition coefficient (Wildman–Crippen LogP) is -0.649. The lowest BCUT2D eigenvalue weighted by Gasteiger charge is -2.12. The molecule has 6 nitrogen and oxygen atoms in total.